The van der Waals surface area contributed by atoms with Crippen LogP contribution in [0.3, 0.4) is 0 Å². The number of hydrogen-bond acceptors (Lipinski definition) is 4. The van der Waals surface area contributed by atoms with Crippen LogP contribution >= 0.6 is 0 Å². The maximum Gasteiger partial charge on any atom is 0.326 e. The molecule has 0 unspecified atom stereocenters. The van der Waals surface area contributed by atoms with Gasteiger partial charge in [-0.15, -0.1) is 6.42 Å². The molecular weight excluding hydrogens is 192 g/mol. The van der Waals surface area contributed by atoms with Crippen molar-refractivity contribution in [3.63, 3.8) is 0 Å². The molecule has 0 aromatic carbocycles. The third kappa shape index (κ3) is 2.71. The molecule has 15 heavy (non-hydrogen) atoms. The number of carbonyl (C=O) groups excluding carboxylic acids is 1. The molecule has 1 aliphatic rings. The van der Waals surface area contributed by atoms with Crippen molar-refractivity contribution in [3.8, 4) is 12.3 Å². The molecule has 0 spiro atoms. The van der Waals surface area contributed by atoms with Crippen molar-refractivity contribution in [2.45, 2.75) is 18.4 Å². The Morgan fingerprint density at radius 3 is 2.67 bits per heavy atom. The van der Waals surface area contributed by atoms with E-state index in [2.05, 4.69) is 16.1 Å². The molecule has 0 amide bonds. The number of esters is 1. The quantitative estimate of drug-likeness (QED) is 0.519. The molecule has 4 nitrogen and oxygen atoms in total. The first-order valence-corrected chi connectivity index (χ1v) is 5.10. The van der Waals surface area contributed by atoms with Gasteiger partial charge in [0.1, 0.15) is 5.54 Å². The van der Waals surface area contributed by atoms with E-state index >= 15 is 0 Å². The zero-order valence-corrected chi connectivity index (χ0v) is 9.38. The molecule has 4 heteroatoms. The van der Waals surface area contributed by atoms with E-state index < -0.39 is 5.54 Å². The van der Waals surface area contributed by atoms with Crippen LogP contribution in [-0.4, -0.2) is 50.2 Å². The fraction of sp³-hybridized carbons (Fsp3) is 0.727. The number of hydrogen-bond donors (Lipinski definition) is 1. The first-order chi connectivity index (χ1) is 7.14. The Balaban J connectivity index is 2.69. The Hall–Kier alpha value is -1.05. The van der Waals surface area contributed by atoms with Crippen LogP contribution in [0.15, 0.2) is 0 Å². The van der Waals surface area contributed by atoms with Crippen LogP contribution in [-0.2, 0) is 9.53 Å². The van der Waals surface area contributed by atoms with E-state index in [1.807, 2.05) is 7.05 Å². The van der Waals surface area contributed by atoms with Gasteiger partial charge in [-0.2, -0.15) is 0 Å². The molecular formula is C11H18N2O2. The molecule has 0 atom stereocenters. The smallest absolute Gasteiger partial charge is 0.326 e. The van der Waals surface area contributed by atoms with Gasteiger partial charge in [0, 0.05) is 13.1 Å². The number of piperidine rings is 1. The molecule has 0 bridgehead atoms. The minimum atomic E-state index is -0.576. The number of nitrogens with one attached hydrogen (secondary N) is 1. The number of methoxy groups -OCH3 is 1. The van der Waals surface area contributed by atoms with Crippen LogP contribution in [0.5, 0.6) is 0 Å². The van der Waals surface area contributed by atoms with Gasteiger partial charge in [-0.05, 0) is 19.9 Å². The lowest BCUT2D eigenvalue weighted by Gasteiger charge is -2.38. The lowest BCUT2D eigenvalue weighted by atomic mass is 9.87. The van der Waals surface area contributed by atoms with Crippen LogP contribution in [0.25, 0.3) is 0 Å². The van der Waals surface area contributed by atoms with Gasteiger partial charge in [-0.25, -0.2) is 0 Å². The normalized spacial score (nSPS) is 20.6. The molecule has 0 saturated carbocycles. The van der Waals surface area contributed by atoms with Crippen molar-refractivity contribution in [1.82, 2.24) is 10.2 Å². The van der Waals surface area contributed by atoms with Crippen LogP contribution in [0.2, 0.25) is 0 Å². The Morgan fingerprint density at radius 2 is 2.20 bits per heavy atom. The Labute approximate surface area is 91.0 Å². The highest BCUT2D eigenvalue weighted by Crippen LogP contribution is 2.22. The van der Waals surface area contributed by atoms with Gasteiger partial charge >= 0.3 is 5.97 Å². The SMILES string of the molecule is C#CCNC1(C(=O)OC)CCN(C)CC1. The highest BCUT2D eigenvalue weighted by Gasteiger charge is 2.41. The van der Waals surface area contributed by atoms with E-state index in [4.69, 9.17) is 11.2 Å². The molecule has 84 valence electrons. The number of ether oxygens (including phenoxy) is 1. The van der Waals surface area contributed by atoms with Gasteiger partial charge in [0.25, 0.3) is 0 Å². The molecule has 1 fully saturated rings. The van der Waals surface area contributed by atoms with Crippen LogP contribution in [0.1, 0.15) is 12.8 Å². The predicted octanol–water partition coefficient (Wildman–Crippen LogP) is -0.153. The number of likely N-dealkylation sites (tertiary alicyclic amines) is 1. The molecule has 1 saturated heterocycles. The third-order valence-corrected chi connectivity index (χ3v) is 2.95. The van der Waals surface area contributed by atoms with E-state index in [1.54, 1.807) is 0 Å². The standard InChI is InChI=1S/C11H18N2O2/c1-4-7-12-11(10(14)15-3)5-8-13(2)9-6-11/h1,12H,5-9H2,2-3H3. The largest absolute Gasteiger partial charge is 0.468 e. The van der Waals surface area contributed by atoms with Gasteiger partial charge in [0.15, 0.2) is 0 Å². The van der Waals surface area contributed by atoms with Gasteiger partial charge in [0.2, 0.25) is 0 Å². The summed E-state index contributed by atoms with van der Waals surface area (Å²) in [5.74, 6) is 2.29. The second-order valence-corrected chi connectivity index (χ2v) is 3.93. The zero-order valence-electron chi connectivity index (χ0n) is 9.38. The highest BCUT2D eigenvalue weighted by atomic mass is 16.5. The number of carbonyl (C=O) groups is 1. The third-order valence-electron chi connectivity index (χ3n) is 2.95. The van der Waals surface area contributed by atoms with Crippen molar-refractivity contribution in [2.75, 3.05) is 33.8 Å². The Kier molecular flexibility index (Phi) is 4.13. The van der Waals surface area contributed by atoms with Crippen molar-refractivity contribution in [2.24, 2.45) is 0 Å². The van der Waals surface area contributed by atoms with Crippen LogP contribution < -0.4 is 5.32 Å². The van der Waals surface area contributed by atoms with Gasteiger partial charge < -0.3 is 9.64 Å². The fourth-order valence-electron chi connectivity index (χ4n) is 1.87. The number of nitrogens with zero attached hydrogens (tertiary/aromatic N) is 1. The molecule has 1 heterocycles. The minimum Gasteiger partial charge on any atom is -0.468 e. The Bertz CT molecular complexity index is 262. The summed E-state index contributed by atoms with van der Waals surface area (Å²) in [6.07, 6.45) is 6.69. The number of rotatable bonds is 3. The van der Waals surface area contributed by atoms with Crippen LogP contribution in [0.4, 0.5) is 0 Å². The van der Waals surface area contributed by atoms with E-state index in [0.717, 1.165) is 25.9 Å². The summed E-state index contributed by atoms with van der Waals surface area (Å²) in [6.45, 7) is 2.16. The average Bonchev–Trinajstić information content (AvgIpc) is 2.28. The van der Waals surface area contributed by atoms with Crippen molar-refractivity contribution < 1.29 is 9.53 Å². The van der Waals surface area contributed by atoms with Crippen molar-refractivity contribution in [1.29, 1.82) is 0 Å². The first kappa shape index (κ1) is 12.0. The van der Waals surface area contributed by atoms with Crippen molar-refractivity contribution in [3.05, 3.63) is 0 Å². The van der Waals surface area contributed by atoms with E-state index in [1.165, 1.54) is 7.11 Å². The summed E-state index contributed by atoms with van der Waals surface area (Å²) in [6, 6.07) is 0. The summed E-state index contributed by atoms with van der Waals surface area (Å²) < 4.78 is 4.84. The van der Waals surface area contributed by atoms with Gasteiger partial charge in [-0.1, -0.05) is 5.92 Å². The summed E-state index contributed by atoms with van der Waals surface area (Å²) in [5, 5.41) is 3.12. The molecule has 1 aliphatic heterocycles. The monoisotopic (exact) mass is 210 g/mol. The Morgan fingerprint density at radius 1 is 1.60 bits per heavy atom. The molecule has 1 N–H and O–H groups in total. The molecule has 1 rings (SSSR count). The maximum absolute atomic E-state index is 11.7. The fourth-order valence-corrected chi connectivity index (χ4v) is 1.87. The molecule has 0 aliphatic carbocycles. The summed E-state index contributed by atoms with van der Waals surface area (Å²) in [5.41, 5.74) is -0.576. The highest BCUT2D eigenvalue weighted by molar-refractivity contribution is 5.81. The zero-order chi connectivity index (χ0) is 11.3. The van der Waals surface area contributed by atoms with Gasteiger partial charge in [0.05, 0.1) is 13.7 Å². The first-order valence-electron chi connectivity index (χ1n) is 5.10. The van der Waals surface area contributed by atoms with E-state index in [9.17, 15) is 4.79 Å². The lowest BCUT2D eigenvalue weighted by molar-refractivity contribution is -0.150. The summed E-state index contributed by atoms with van der Waals surface area (Å²) in [7, 11) is 3.46. The molecule has 0 aromatic heterocycles. The minimum absolute atomic E-state index is 0.203. The summed E-state index contributed by atoms with van der Waals surface area (Å²) in [4.78, 5) is 13.9. The molecule has 0 aromatic rings. The lowest BCUT2D eigenvalue weighted by Crippen LogP contribution is -2.58. The number of terminal acetylenes is 1. The van der Waals surface area contributed by atoms with Crippen LogP contribution in [0, 0.1) is 12.3 Å². The second-order valence-electron chi connectivity index (χ2n) is 3.93. The van der Waals surface area contributed by atoms with Gasteiger partial charge in [-0.3, -0.25) is 10.1 Å². The summed E-state index contributed by atoms with van der Waals surface area (Å²) >= 11 is 0. The molecule has 0 radical (unpaired) electrons. The van der Waals surface area contributed by atoms with E-state index in [0.29, 0.717) is 6.54 Å². The maximum atomic E-state index is 11.7. The average molecular weight is 210 g/mol. The topological polar surface area (TPSA) is 41.6 Å². The van der Waals surface area contributed by atoms with E-state index in [-0.39, 0.29) is 5.97 Å². The predicted molar refractivity (Wildman–Crippen MR) is 58.3 cm³/mol. The van der Waals surface area contributed by atoms with Crippen molar-refractivity contribution >= 4 is 5.97 Å². The second kappa shape index (κ2) is 5.15.